The Kier molecular flexibility index (Phi) is 3.78. The molecule has 0 N–H and O–H groups in total. The number of amides is 1. The van der Waals surface area contributed by atoms with Crippen LogP contribution in [0.5, 0.6) is 0 Å². The molecule has 1 saturated heterocycles. The normalized spacial score (nSPS) is 18.8. The minimum absolute atomic E-state index is 0.144. The summed E-state index contributed by atoms with van der Waals surface area (Å²) in [6.07, 6.45) is 4.11. The molecule has 0 bridgehead atoms. The number of carbonyl (C=O) groups excluding carboxylic acids is 1. The Labute approximate surface area is 125 Å². The van der Waals surface area contributed by atoms with Crippen LogP contribution in [0.1, 0.15) is 35.8 Å². The van der Waals surface area contributed by atoms with Crippen molar-refractivity contribution < 1.29 is 4.79 Å². The average molecular weight is 283 g/mol. The molecule has 1 atom stereocenters. The maximum absolute atomic E-state index is 12.5. The molecular weight excluding hydrogens is 262 g/mol. The zero-order valence-electron chi connectivity index (χ0n) is 12.6. The number of likely N-dealkylation sites (tertiary alicyclic amines) is 1. The van der Waals surface area contributed by atoms with Crippen LogP contribution in [0, 0.1) is 12.8 Å². The predicted octanol–water partition coefficient (Wildman–Crippen LogP) is 3.05. The lowest BCUT2D eigenvalue weighted by Crippen LogP contribution is -2.39. The fourth-order valence-corrected chi connectivity index (χ4v) is 2.94. The van der Waals surface area contributed by atoms with Crippen LogP contribution in [0.4, 0.5) is 0 Å². The van der Waals surface area contributed by atoms with Gasteiger partial charge in [0.05, 0.1) is 5.69 Å². The van der Waals surface area contributed by atoms with E-state index in [4.69, 9.17) is 0 Å². The summed E-state index contributed by atoms with van der Waals surface area (Å²) >= 11 is 0. The number of nitrogens with zero attached hydrogens (tertiary/aromatic N) is 3. The molecule has 1 aliphatic rings. The lowest BCUT2D eigenvalue weighted by Gasteiger charge is -2.31. The molecular formula is C17H21N3O. The van der Waals surface area contributed by atoms with Crippen molar-refractivity contribution in [3.8, 4) is 5.69 Å². The Hall–Kier alpha value is -2.10. The van der Waals surface area contributed by atoms with E-state index >= 15 is 0 Å². The third kappa shape index (κ3) is 2.84. The van der Waals surface area contributed by atoms with Crippen LogP contribution in [-0.2, 0) is 0 Å². The number of aromatic nitrogens is 2. The molecule has 1 aliphatic heterocycles. The highest BCUT2D eigenvalue weighted by Gasteiger charge is 2.21. The Morgan fingerprint density at radius 3 is 2.62 bits per heavy atom. The summed E-state index contributed by atoms with van der Waals surface area (Å²) in [5.74, 6) is 0.749. The first-order valence-electron chi connectivity index (χ1n) is 7.55. The van der Waals surface area contributed by atoms with Crippen molar-refractivity contribution in [1.29, 1.82) is 0 Å². The van der Waals surface area contributed by atoms with Crippen LogP contribution >= 0.6 is 0 Å². The second kappa shape index (κ2) is 5.72. The molecule has 3 rings (SSSR count). The van der Waals surface area contributed by atoms with E-state index < -0.39 is 0 Å². The van der Waals surface area contributed by atoms with E-state index in [1.165, 1.54) is 6.42 Å². The smallest absolute Gasteiger partial charge is 0.253 e. The zero-order valence-corrected chi connectivity index (χ0v) is 12.6. The minimum atomic E-state index is 0.144. The fraction of sp³-hybridized carbons (Fsp3) is 0.412. The van der Waals surface area contributed by atoms with Gasteiger partial charge in [-0.05, 0) is 56.0 Å². The van der Waals surface area contributed by atoms with Crippen molar-refractivity contribution in [2.24, 2.45) is 5.92 Å². The van der Waals surface area contributed by atoms with E-state index in [1.54, 1.807) is 6.20 Å². The molecule has 1 amide bonds. The summed E-state index contributed by atoms with van der Waals surface area (Å²) in [4.78, 5) is 14.5. The Morgan fingerprint density at radius 2 is 2.00 bits per heavy atom. The highest BCUT2D eigenvalue weighted by Crippen LogP contribution is 2.19. The van der Waals surface area contributed by atoms with Crippen LogP contribution in [0.2, 0.25) is 0 Å². The first-order chi connectivity index (χ1) is 10.1. The molecule has 1 fully saturated rings. The van der Waals surface area contributed by atoms with Crippen molar-refractivity contribution in [3.05, 3.63) is 47.8 Å². The van der Waals surface area contributed by atoms with E-state index in [0.29, 0.717) is 5.92 Å². The predicted molar refractivity (Wildman–Crippen MR) is 82.6 cm³/mol. The SMILES string of the molecule is Cc1ccnn1-c1ccc(C(=O)N2CCCC(C)C2)cc1. The standard InChI is InChI=1S/C17H21N3O/c1-13-4-3-11-19(12-13)17(21)15-5-7-16(8-6-15)20-14(2)9-10-18-20/h5-10,13H,3-4,11-12H2,1-2H3. The summed E-state index contributed by atoms with van der Waals surface area (Å²) in [6.45, 7) is 5.98. The number of hydrogen-bond acceptors (Lipinski definition) is 2. The van der Waals surface area contributed by atoms with Crippen LogP contribution < -0.4 is 0 Å². The largest absolute Gasteiger partial charge is 0.338 e. The van der Waals surface area contributed by atoms with Crippen LogP contribution in [-0.4, -0.2) is 33.7 Å². The summed E-state index contributed by atoms with van der Waals surface area (Å²) in [5.41, 5.74) is 2.83. The van der Waals surface area contributed by atoms with Gasteiger partial charge in [0.15, 0.2) is 0 Å². The van der Waals surface area contributed by atoms with Crippen molar-refractivity contribution in [2.75, 3.05) is 13.1 Å². The Bertz CT molecular complexity index is 630. The van der Waals surface area contributed by atoms with E-state index in [2.05, 4.69) is 12.0 Å². The second-order valence-corrected chi connectivity index (χ2v) is 5.93. The number of aryl methyl sites for hydroxylation is 1. The quantitative estimate of drug-likeness (QED) is 0.849. The van der Waals surface area contributed by atoms with E-state index in [0.717, 1.165) is 36.5 Å². The summed E-state index contributed by atoms with van der Waals surface area (Å²) in [7, 11) is 0. The van der Waals surface area contributed by atoms with Gasteiger partial charge in [0.2, 0.25) is 0 Å². The first-order valence-corrected chi connectivity index (χ1v) is 7.55. The molecule has 1 unspecified atom stereocenters. The Balaban J connectivity index is 1.78. The van der Waals surface area contributed by atoms with Crippen molar-refractivity contribution >= 4 is 5.91 Å². The van der Waals surface area contributed by atoms with Crippen molar-refractivity contribution in [2.45, 2.75) is 26.7 Å². The van der Waals surface area contributed by atoms with E-state index in [-0.39, 0.29) is 5.91 Å². The van der Waals surface area contributed by atoms with Crippen LogP contribution in [0.25, 0.3) is 5.69 Å². The molecule has 2 aromatic rings. The van der Waals surface area contributed by atoms with Gasteiger partial charge in [-0.25, -0.2) is 4.68 Å². The molecule has 0 spiro atoms. The van der Waals surface area contributed by atoms with Gasteiger partial charge in [0, 0.05) is 30.5 Å². The molecule has 21 heavy (non-hydrogen) atoms. The summed E-state index contributed by atoms with van der Waals surface area (Å²) in [5, 5.41) is 4.28. The molecule has 110 valence electrons. The lowest BCUT2D eigenvalue weighted by molar-refractivity contribution is 0.0683. The first kappa shape index (κ1) is 13.9. The molecule has 4 nitrogen and oxygen atoms in total. The maximum Gasteiger partial charge on any atom is 0.253 e. The Morgan fingerprint density at radius 1 is 1.24 bits per heavy atom. The molecule has 2 heterocycles. The van der Waals surface area contributed by atoms with Gasteiger partial charge in [0.1, 0.15) is 0 Å². The third-order valence-corrected chi connectivity index (χ3v) is 4.14. The number of rotatable bonds is 2. The molecule has 0 saturated carbocycles. The van der Waals surface area contributed by atoms with E-state index in [9.17, 15) is 4.79 Å². The van der Waals surface area contributed by atoms with Crippen LogP contribution in [0.3, 0.4) is 0 Å². The average Bonchev–Trinajstić information content (AvgIpc) is 2.93. The second-order valence-electron chi connectivity index (χ2n) is 5.93. The third-order valence-electron chi connectivity index (χ3n) is 4.14. The number of hydrogen-bond donors (Lipinski definition) is 0. The van der Waals surface area contributed by atoms with Gasteiger partial charge in [-0.1, -0.05) is 6.92 Å². The number of carbonyl (C=O) groups is 1. The molecule has 0 radical (unpaired) electrons. The van der Waals surface area contributed by atoms with Crippen LogP contribution in [0.15, 0.2) is 36.5 Å². The van der Waals surface area contributed by atoms with Gasteiger partial charge < -0.3 is 4.90 Å². The van der Waals surface area contributed by atoms with Gasteiger partial charge in [-0.2, -0.15) is 5.10 Å². The zero-order chi connectivity index (χ0) is 14.8. The van der Waals surface area contributed by atoms with E-state index in [1.807, 2.05) is 46.8 Å². The molecule has 1 aromatic carbocycles. The van der Waals surface area contributed by atoms with Crippen molar-refractivity contribution in [1.82, 2.24) is 14.7 Å². The minimum Gasteiger partial charge on any atom is -0.338 e. The van der Waals surface area contributed by atoms with Crippen molar-refractivity contribution in [3.63, 3.8) is 0 Å². The topological polar surface area (TPSA) is 38.1 Å². The number of piperidine rings is 1. The van der Waals surface area contributed by atoms with Gasteiger partial charge in [0.25, 0.3) is 5.91 Å². The highest BCUT2D eigenvalue weighted by molar-refractivity contribution is 5.94. The summed E-state index contributed by atoms with van der Waals surface area (Å²) in [6, 6.07) is 9.69. The van der Waals surface area contributed by atoms with Gasteiger partial charge >= 0.3 is 0 Å². The molecule has 4 heteroatoms. The lowest BCUT2D eigenvalue weighted by atomic mass is 9.99. The fourth-order valence-electron chi connectivity index (χ4n) is 2.94. The highest BCUT2D eigenvalue weighted by atomic mass is 16.2. The summed E-state index contributed by atoms with van der Waals surface area (Å²) < 4.78 is 1.87. The number of benzene rings is 1. The van der Waals surface area contributed by atoms with Gasteiger partial charge in [-0.15, -0.1) is 0 Å². The molecule has 0 aliphatic carbocycles. The monoisotopic (exact) mass is 283 g/mol. The maximum atomic E-state index is 12.5. The van der Waals surface area contributed by atoms with Gasteiger partial charge in [-0.3, -0.25) is 4.79 Å². The molecule has 1 aromatic heterocycles.